The fourth-order valence-electron chi connectivity index (χ4n) is 4.32. The van der Waals surface area contributed by atoms with Crippen LogP contribution in [0.15, 0.2) is 60.7 Å². The number of unbranched alkanes of at least 4 members (excludes halogenated alkanes) is 1. The Hall–Kier alpha value is -1.99. The van der Waals surface area contributed by atoms with Crippen molar-refractivity contribution in [2.45, 2.75) is 64.0 Å². The van der Waals surface area contributed by atoms with E-state index in [0.717, 1.165) is 25.7 Å². The second-order valence-corrected chi connectivity index (χ2v) is 13.6. The van der Waals surface area contributed by atoms with Crippen LogP contribution >= 0.6 is 0 Å². The second-order valence-electron chi connectivity index (χ2n) is 9.32. The van der Waals surface area contributed by atoms with Crippen LogP contribution in [0.1, 0.15) is 52.9 Å². The molecular weight excluding hydrogens is 432 g/mol. The zero-order chi connectivity index (χ0) is 24.2. The van der Waals surface area contributed by atoms with Crippen molar-refractivity contribution in [1.82, 2.24) is 0 Å². The summed E-state index contributed by atoms with van der Waals surface area (Å²) in [6.07, 6.45) is 3.75. The third kappa shape index (κ3) is 7.78. The molecule has 0 aliphatic heterocycles. The number of hydrogen-bond acceptors (Lipinski definition) is 5. The first-order valence-corrected chi connectivity index (χ1v) is 13.7. The quantitative estimate of drug-likeness (QED) is 0.173. The Bertz CT molecular complexity index is 765. The monoisotopic (exact) mass is 472 g/mol. The number of esters is 1. The highest BCUT2D eigenvalue weighted by Gasteiger charge is 2.50. The van der Waals surface area contributed by atoms with Gasteiger partial charge in [-0.25, -0.2) is 0 Å². The van der Waals surface area contributed by atoms with Crippen LogP contribution in [0.3, 0.4) is 0 Å². The number of hydrogen-bond donors (Lipinski definition) is 0. The molecule has 0 heterocycles. The molecule has 0 saturated carbocycles. The molecule has 0 aromatic heterocycles. The Balaban J connectivity index is 2.17. The minimum absolute atomic E-state index is 0.0146. The Labute approximate surface area is 200 Å². The summed E-state index contributed by atoms with van der Waals surface area (Å²) in [5.74, 6) is -0.167. The number of methoxy groups -OCH3 is 2. The first-order chi connectivity index (χ1) is 15.8. The summed E-state index contributed by atoms with van der Waals surface area (Å²) in [6.45, 7) is 7.69. The molecule has 2 rings (SSSR count). The Morgan fingerprint density at radius 1 is 0.879 bits per heavy atom. The molecule has 5 nitrogen and oxygen atoms in total. The predicted molar refractivity (Wildman–Crippen MR) is 135 cm³/mol. The van der Waals surface area contributed by atoms with Gasteiger partial charge in [-0.2, -0.15) is 0 Å². The lowest BCUT2D eigenvalue weighted by Gasteiger charge is -2.43. The average Bonchev–Trinajstić information content (AvgIpc) is 2.82. The van der Waals surface area contributed by atoms with Crippen molar-refractivity contribution in [2.24, 2.45) is 0 Å². The highest BCUT2D eigenvalue weighted by atomic mass is 28.4. The number of carbonyl (C=O) groups is 1. The summed E-state index contributed by atoms with van der Waals surface area (Å²) in [4.78, 5) is 11.4. The highest BCUT2D eigenvalue weighted by Crippen LogP contribution is 2.36. The SMILES string of the molecule is COCO[C@H](CCCCC(=O)OC)CCO[Si](c1ccccc1)(c1ccccc1)C(C)(C)C. The van der Waals surface area contributed by atoms with Crippen LogP contribution < -0.4 is 10.4 Å². The third-order valence-corrected chi connectivity index (χ3v) is 11.0. The molecule has 0 saturated heterocycles. The van der Waals surface area contributed by atoms with E-state index in [0.29, 0.717) is 13.0 Å². The maximum Gasteiger partial charge on any atom is 0.305 e. The van der Waals surface area contributed by atoms with Crippen molar-refractivity contribution in [3.05, 3.63) is 60.7 Å². The van der Waals surface area contributed by atoms with E-state index >= 15 is 0 Å². The highest BCUT2D eigenvalue weighted by molar-refractivity contribution is 6.99. The van der Waals surface area contributed by atoms with Gasteiger partial charge in [-0.3, -0.25) is 4.79 Å². The fourth-order valence-corrected chi connectivity index (χ4v) is 8.90. The molecule has 0 N–H and O–H groups in total. The van der Waals surface area contributed by atoms with Gasteiger partial charge in [0.2, 0.25) is 0 Å². The molecule has 1 atom stereocenters. The van der Waals surface area contributed by atoms with E-state index in [4.69, 9.17) is 18.6 Å². The number of rotatable bonds is 14. The molecule has 0 bridgehead atoms. The third-order valence-electron chi connectivity index (χ3n) is 5.98. The largest absolute Gasteiger partial charge is 0.469 e. The number of benzene rings is 2. The summed E-state index contributed by atoms with van der Waals surface area (Å²) in [5.41, 5.74) is 0. The Morgan fingerprint density at radius 2 is 1.45 bits per heavy atom. The minimum atomic E-state index is -2.55. The van der Waals surface area contributed by atoms with Crippen molar-refractivity contribution in [1.29, 1.82) is 0 Å². The van der Waals surface area contributed by atoms with E-state index in [-0.39, 0.29) is 23.9 Å². The molecule has 2 aromatic carbocycles. The predicted octanol–water partition coefficient (Wildman–Crippen LogP) is 4.68. The van der Waals surface area contributed by atoms with Gasteiger partial charge in [-0.05, 0) is 34.7 Å². The van der Waals surface area contributed by atoms with Gasteiger partial charge in [0.1, 0.15) is 6.79 Å². The fraction of sp³-hybridized carbons (Fsp3) is 0.519. The lowest BCUT2D eigenvalue weighted by molar-refractivity contribution is -0.140. The molecule has 0 radical (unpaired) electrons. The maximum atomic E-state index is 11.4. The van der Waals surface area contributed by atoms with E-state index in [1.54, 1.807) is 7.11 Å². The van der Waals surface area contributed by atoms with Crippen LogP contribution in [0.2, 0.25) is 5.04 Å². The number of ether oxygens (including phenoxy) is 3. The van der Waals surface area contributed by atoms with E-state index in [2.05, 4.69) is 81.4 Å². The Morgan fingerprint density at radius 3 is 1.94 bits per heavy atom. The average molecular weight is 473 g/mol. The van der Waals surface area contributed by atoms with Crippen molar-refractivity contribution in [3.8, 4) is 0 Å². The van der Waals surface area contributed by atoms with Gasteiger partial charge in [0.05, 0.1) is 13.2 Å². The standard InChI is InChI=1S/C27H40O5Si/c1-27(2,3)33(24-15-8-6-9-16-24,25-17-10-7-11-18-25)32-21-20-23(31-22-29-4)14-12-13-19-26(28)30-5/h6-11,15-18,23H,12-14,19-22H2,1-5H3/t23-/m1/s1. The summed E-state index contributed by atoms with van der Waals surface area (Å²) >= 11 is 0. The van der Waals surface area contributed by atoms with Gasteiger partial charge in [0.25, 0.3) is 8.32 Å². The van der Waals surface area contributed by atoms with Gasteiger partial charge in [0.15, 0.2) is 0 Å². The normalized spacial score (nSPS) is 13.0. The zero-order valence-electron chi connectivity index (χ0n) is 20.8. The molecule has 0 aliphatic carbocycles. The summed E-state index contributed by atoms with van der Waals surface area (Å²) in [6, 6.07) is 21.3. The topological polar surface area (TPSA) is 54.0 Å². The van der Waals surface area contributed by atoms with Crippen LogP contribution in [-0.2, 0) is 23.4 Å². The molecule has 33 heavy (non-hydrogen) atoms. The smallest absolute Gasteiger partial charge is 0.305 e. The van der Waals surface area contributed by atoms with Gasteiger partial charge < -0.3 is 18.6 Å². The van der Waals surface area contributed by atoms with Crippen molar-refractivity contribution in [3.63, 3.8) is 0 Å². The minimum Gasteiger partial charge on any atom is -0.469 e. The van der Waals surface area contributed by atoms with Crippen molar-refractivity contribution in [2.75, 3.05) is 27.6 Å². The van der Waals surface area contributed by atoms with Gasteiger partial charge >= 0.3 is 5.97 Å². The summed E-state index contributed by atoms with van der Waals surface area (Å²) < 4.78 is 22.8. The molecular formula is C27H40O5Si. The lowest BCUT2D eigenvalue weighted by Crippen LogP contribution is -2.66. The van der Waals surface area contributed by atoms with Crippen LogP contribution in [0, 0.1) is 0 Å². The van der Waals surface area contributed by atoms with Crippen molar-refractivity contribution < 1.29 is 23.4 Å². The molecule has 0 unspecified atom stereocenters. The molecule has 2 aromatic rings. The maximum absolute atomic E-state index is 11.4. The Kier molecular flexibility index (Phi) is 11.3. The van der Waals surface area contributed by atoms with E-state index in [1.165, 1.54) is 17.5 Å². The van der Waals surface area contributed by atoms with Crippen LogP contribution in [0.25, 0.3) is 0 Å². The van der Waals surface area contributed by atoms with Crippen LogP contribution in [0.5, 0.6) is 0 Å². The van der Waals surface area contributed by atoms with Gasteiger partial charge in [-0.15, -0.1) is 0 Å². The molecule has 0 aliphatic rings. The molecule has 0 amide bonds. The molecule has 182 valence electrons. The van der Waals surface area contributed by atoms with Crippen LogP contribution in [-0.4, -0.2) is 48.0 Å². The van der Waals surface area contributed by atoms with Gasteiger partial charge in [0, 0.05) is 20.1 Å². The first kappa shape index (κ1) is 27.3. The molecule has 0 fully saturated rings. The van der Waals surface area contributed by atoms with Crippen molar-refractivity contribution >= 4 is 24.7 Å². The van der Waals surface area contributed by atoms with E-state index < -0.39 is 8.32 Å². The molecule has 6 heteroatoms. The van der Waals surface area contributed by atoms with E-state index in [1.807, 2.05) is 0 Å². The zero-order valence-corrected chi connectivity index (χ0v) is 21.8. The molecule has 0 spiro atoms. The van der Waals surface area contributed by atoms with E-state index in [9.17, 15) is 4.79 Å². The van der Waals surface area contributed by atoms with Crippen LogP contribution in [0.4, 0.5) is 0 Å². The first-order valence-electron chi connectivity index (χ1n) is 11.8. The second kappa shape index (κ2) is 13.7. The van der Waals surface area contributed by atoms with Gasteiger partial charge in [-0.1, -0.05) is 87.9 Å². The number of carbonyl (C=O) groups excluding carboxylic acids is 1. The summed E-state index contributed by atoms with van der Waals surface area (Å²) in [7, 11) is 0.504. The lowest BCUT2D eigenvalue weighted by atomic mass is 10.1. The summed E-state index contributed by atoms with van der Waals surface area (Å²) in [5, 5.41) is 2.49.